The molecule has 2 rings (SSSR count). The van der Waals surface area contributed by atoms with Gasteiger partial charge in [-0.15, -0.1) is 0 Å². The summed E-state index contributed by atoms with van der Waals surface area (Å²) in [5, 5.41) is 2.19. The summed E-state index contributed by atoms with van der Waals surface area (Å²) in [5.74, 6) is -1.52. The quantitative estimate of drug-likeness (QED) is 0.623. The van der Waals surface area contributed by atoms with Crippen LogP contribution in [0, 0.1) is 0 Å². The van der Waals surface area contributed by atoms with Crippen molar-refractivity contribution in [3.05, 3.63) is 64.2 Å². The van der Waals surface area contributed by atoms with Crippen molar-refractivity contribution in [3.63, 3.8) is 0 Å². The number of nitrogens with one attached hydrogen (secondary N) is 1. The highest BCUT2D eigenvalue weighted by Crippen LogP contribution is 2.34. The molecule has 4 nitrogen and oxygen atoms in total. The lowest BCUT2D eigenvalue weighted by Gasteiger charge is -2.19. The average Bonchev–Trinajstić information content (AvgIpc) is 2.61. The maximum Gasteiger partial charge on any atom is 0.416 e. The number of ether oxygens (including phenoxy) is 1. The molecule has 8 heteroatoms. The molecule has 0 saturated heterocycles. The molecular formula is C21H21ClF3NO3. The average molecular weight is 428 g/mol. The van der Waals surface area contributed by atoms with Gasteiger partial charge in [0.2, 0.25) is 0 Å². The van der Waals surface area contributed by atoms with Gasteiger partial charge in [-0.3, -0.25) is 4.79 Å². The van der Waals surface area contributed by atoms with Gasteiger partial charge in [0, 0.05) is 0 Å². The van der Waals surface area contributed by atoms with Crippen LogP contribution in [0.3, 0.4) is 0 Å². The molecule has 0 bridgehead atoms. The molecule has 29 heavy (non-hydrogen) atoms. The van der Waals surface area contributed by atoms with E-state index in [-0.39, 0.29) is 21.7 Å². The van der Waals surface area contributed by atoms with Crippen molar-refractivity contribution in [2.75, 3.05) is 5.32 Å². The minimum atomic E-state index is -4.58. The van der Waals surface area contributed by atoms with Crippen LogP contribution in [0.5, 0.6) is 0 Å². The highest BCUT2D eigenvalue weighted by atomic mass is 35.5. The number of benzene rings is 2. The van der Waals surface area contributed by atoms with E-state index in [2.05, 4.69) is 5.32 Å². The summed E-state index contributed by atoms with van der Waals surface area (Å²) in [7, 11) is 0. The summed E-state index contributed by atoms with van der Waals surface area (Å²) in [6, 6.07) is 9.35. The number of esters is 1. The maximum atomic E-state index is 12.8. The third-order valence-electron chi connectivity index (χ3n) is 4.19. The van der Waals surface area contributed by atoms with Gasteiger partial charge in [-0.25, -0.2) is 4.79 Å². The molecule has 2 aromatic rings. The third kappa shape index (κ3) is 5.97. The van der Waals surface area contributed by atoms with Crippen LogP contribution in [0.4, 0.5) is 18.9 Å². The van der Waals surface area contributed by atoms with Crippen LogP contribution < -0.4 is 5.32 Å². The van der Waals surface area contributed by atoms with Crippen LogP contribution >= 0.6 is 11.6 Å². The number of hydrogen-bond acceptors (Lipinski definition) is 3. The lowest BCUT2D eigenvalue weighted by atomic mass is 9.87. The van der Waals surface area contributed by atoms with E-state index < -0.39 is 29.7 Å². The number of anilines is 1. The van der Waals surface area contributed by atoms with Crippen molar-refractivity contribution in [2.45, 2.75) is 45.4 Å². The zero-order valence-electron chi connectivity index (χ0n) is 16.4. The van der Waals surface area contributed by atoms with Crippen LogP contribution in [0.25, 0.3) is 0 Å². The molecule has 0 aromatic heterocycles. The van der Waals surface area contributed by atoms with Gasteiger partial charge >= 0.3 is 12.1 Å². The molecule has 0 radical (unpaired) electrons. The Labute approximate surface area is 172 Å². The van der Waals surface area contributed by atoms with Gasteiger partial charge in [0.1, 0.15) is 0 Å². The molecule has 0 aliphatic carbocycles. The van der Waals surface area contributed by atoms with Crippen LogP contribution in [0.1, 0.15) is 49.2 Å². The van der Waals surface area contributed by atoms with Crippen LogP contribution in [0.15, 0.2) is 42.5 Å². The van der Waals surface area contributed by atoms with Crippen molar-refractivity contribution in [2.24, 2.45) is 0 Å². The number of rotatable bonds is 4. The number of hydrogen-bond donors (Lipinski definition) is 1. The van der Waals surface area contributed by atoms with E-state index in [1.165, 1.54) is 6.92 Å². The fourth-order valence-electron chi connectivity index (χ4n) is 2.42. The minimum absolute atomic E-state index is 0.0670. The largest absolute Gasteiger partial charge is 0.449 e. The molecule has 2 aromatic carbocycles. The van der Waals surface area contributed by atoms with Crippen LogP contribution in [-0.2, 0) is 21.1 Å². The number of carbonyl (C=O) groups excluding carboxylic acids is 2. The number of halogens is 4. The lowest BCUT2D eigenvalue weighted by molar-refractivity contribution is -0.137. The van der Waals surface area contributed by atoms with E-state index in [0.717, 1.165) is 23.8 Å². The molecular weight excluding hydrogens is 407 g/mol. The molecule has 0 unspecified atom stereocenters. The Morgan fingerprint density at radius 3 is 2.07 bits per heavy atom. The Bertz CT molecular complexity index is 903. The van der Waals surface area contributed by atoms with Crippen molar-refractivity contribution in [3.8, 4) is 0 Å². The minimum Gasteiger partial charge on any atom is -0.449 e. The predicted molar refractivity (Wildman–Crippen MR) is 105 cm³/mol. The number of carbonyl (C=O) groups is 2. The van der Waals surface area contributed by atoms with E-state index >= 15 is 0 Å². The SMILES string of the molecule is C[C@@H](OC(=O)c1ccc(C(C)(C)C)cc1)C(=O)Nc1cc(C(F)(F)F)ccc1Cl. The first-order chi connectivity index (χ1) is 13.3. The Kier molecular flexibility index (Phi) is 6.63. The normalized spacial score (nSPS) is 13.0. The Hall–Kier alpha value is -2.54. The standard InChI is InChI=1S/C21H21ClF3NO3/c1-12(29-19(28)13-5-7-14(8-6-13)20(2,3)4)18(27)26-17-11-15(21(23,24)25)9-10-16(17)22/h5-12H,1-4H3,(H,26,27)/t12-/m1/s1. The smallest absolute Gasteiger partial charge is 0.416 e. The van der Waals surface area contributed by atoms with Gasteiger partial charge < -0.3 is 10.1 Å². The molecule has 0 aliphatic heterocycles. The van der Waals surface area contributed by atoms with E-state index in [1.807, 2.05) is 20.8 Å². The third-order valence-corrected chi connectivity index (χ3v) is 4.52. The van der Waals surface area contributed by atoms with E-state index in [4.69, 9.17) is 16.3 Å². The molecule has 0 saturated carbocycles. The first-order valence-corrected chi connectivity index (χ1v) is 9.16. The molecule has 0 spiro atoms. The Balaban J connectivity index is 2.06. The number of amides is 1. The first-order valence-electron chi connectivity index (χ1n) is 8.78. The van der Waals surface area contributed by atoms with Crippen molar-refractivity contribution in [1.29, 1.82) is 0 Å². The predicted octanol–water partition coefficient (Wildman–Crippen LogP) is 5.84. The summed E-state index contributed by atoms with van der Waals surface area (Å²) >= 11 is 5.86. The van der Waals surface area contributed by atoms with Gasteiger partial charge in [0.05, 0.1) is 21.8 Å². The topological polar surface area (TPSA) is 55.4 Å². The second-order valence-corrected chi connectivity index (χ2v) is 7.96. The Morgan fingerprint density at radius 2 is 1.55 bits per heavy atom. The zero-order valence-corrected chi connectivity index (χ0v) is 17.1. The van der Waals surface area contributed by atoms with Gasteiger partial charge in [-0.2, -0.15) is 13.2 Å². The molecule has 1 atom stereocenters. The van der Waals surface area contributed by atoms with Crippen molar-refractivity contribution >= 4 is 29.2 Å². The van der Waals surface area contributed by atoms with Crippen molar-refractivity contribution in [1.82, 2.24) is 0 Å². The molecule has 156 valence electrons. The van der Waals surface area contributed by atoms with Crippen molar-refractivity contribution < 1.29 is 27.5 Å². The fourth-order valence-corrected chi connectivity index (χ4v) is 2.58. The first kappa shape index (κ1) is 22.7. The van der Waals surface area contributed by atoms with Gasteiger partial charge in [0.25, 0.3) is 5.91 Å². The summed E-state index contributed by atoms with van der Waals surface area (Å²) < 4.78 is 43.6. The maximum absolute atomic E-state index is 12.8. The molecule has 1 amide bonds. The monoisotopic (exact) mass is 427 g/mol. The molecule has 0 aliphatic rings. The molecule has 0 heterocycles. The summed E-state index contributed by atoms with van der Waals surface area (Å²) in [6.07, 6.45) is -5.82. The summed E-state index contributed by atoms with van der Waals surface area (Å²) in [4.78, 5) is 24.5. The van der Waals surface area contributed by atoms with Gasteiger partial charge in [0.15, 0.2) is 6.10 Å². The van der Waals surface area contributed by atoms with E-state index in [1.54, 1.807) is 24.3 Å². The zero-order chi connectivity index (χ0) is 22.0. The van der Waals surface area contributed by atoms with Crippen LogP contribution in [-0.4, -0.2) is 18.0 Å². The fraction of sp³-hybridized carbons (Fsp3) is 0.333. The van der Waals surface area contributed by atoms with E-state index in [9.17, 15) is 22.8 Å². The second-order valence-electron chi connectivity index (χ2n) is 7.56. The highest BCUT2D eigenvalue weighted by molar-refractivity contribution is 6.33. The van der Waals surface area contributed by atoms with Gasteiger partial charge in [-0.1, -0.05) is 44.5 Å². The molecule has 1 N–H and O–H groups in total. The number of alkyl halides is 3. The van der Waals surface area contributed by atoms with Crippen LogP contribution in [0.2, 0.25) is 5.02 Å². The Morgan fingerprint density at radius 1 is 1.00 bits per heavy atom. The summed E-state index contributed by atoms with van der Waals surface area (Å²) in [6.45, 7) is 7.42. The van der Waals surface area contributed by atoms with Gasteiger partial charge in [-0.05, 0) is 48.2 Å². The van der Waals surface area contributed by atoms with E-state index in [0.29, 0.717) is 0 Å². The lowest BCUT2D eigenvalue weighted by Crippen LogP contribution is -2.30. The molecule has 0 fully saturated rings. The highest BCUT2D eigenvalue weighted by Gasteiger charge is 2.31. The summed E-state index contributed by atoms with van der Waals surface area (Å²) in [5.41, 5.74) is 0.0262. The second kappa shape index (κ2) is 8.45.